The van der Waals surface area contributed by atoms with Crippen molar-refractivity contribution in [3.8, 4) is 0 Å². The highest BCUT2D eigenvalue weighted by Crippen LogP contribution is 2.42. The van der Waals surface area contributed by atoms with Gasteiger partial charge in [0.05, 0.1) is 6.61 Å². The van der Waals surface area contributed by atoms with Crippen LogP contribution in [0.2, 0.25) is 0 Å². The lowest BCUT2D eigenvalue weighted by atomic mass is 9.84. The molecule has 2 fully saturated rings. The van der Waals surface area contributed by atoms with E-state index in [1.54, 1.807) is 11.8 Å². The van der Waals surface area contributed by atoms with Crippen molar-refractivity contribution in [3.05, 3.63) is 0 Å². The Balaban J connectivity index is 1.97. The van der Waals surface area contributed by atoms with Crippen LogP contribution in [-0.4, -0.2) is 54.6 Å². The number of aliphatic hydroxyl groups is 1. The standard InChI is InChI=1S/C12H24N2O3S2/c1-18-12(6-4-7-12)10-13-19(16,17)14-8-3-2-5-11(14)9-15/h11,13,15H,2-10H2,1H3. The summed E-state index contributed by atoms with van der Waals surface area (Å²) in [6.45, 7) is 0.937. The van der Waals surface area contributed by atoms with Crippen molar-refractivity contribution in [2.75, 3.05) is 26.0 Å². The fourth-order valence-electron chi connectivity index (χ4n) is 2.80. The Morgan fingerprint density at radius 1 is 1.37 bits per heavy atom. The van der Waals surface area contributed by atoms with Gasteiger partial charge in [-0.3, -0.25) is 0 Å². The topological polar surface area (TPSA) is 69.6 Å². The maximum Gasteiger partial charge on any atom is 0.279 e. The van der Waals surface area contributed by atoms with Gasteiger partial charge in [0.2, 0.25) is 0 Å². The normalized spacial score (nSPS) is 28.0. The molecule has 1 saturated heterocycles. The van der Waals surface area contributed by atoms with Crippen LogP contribution in [0.5, 0.6) is 0 Å². The smallest absolute Gasteiger partial charge is 0.279 e. The van der Waals surface area contributed by atoms with Gasteiger partial charge in [0.1, 0.15) is 0 Å². The number of rotatable bonds is 6. The Hall–Kier alpha value is 0.180. The largest absolute Gasteiger partial charge is 0.395 e. The first-order chi connectivity index (χ1) is 9.03. The second-order valence-electron chi connectivity index (χ2n) is 5.51. The summed E-state index contributed by atoms with van der Waals surface area (Å²) in [5, 5.41) is 9.32. The predicted octanol–water partition coefficient (Wildman–Crippen LogP) is 0.953. The molecule has 7 heteroatoms. The summed E-state index contributed by atoms with van der Waals surface area (Å²) in [6, 6.07) is -0.252. The van der Waals surface area contributed by atoms with E-state index in [0.29, 0.717) is 13.1 Å². The molecule has 1 unspecified atom stereocenters. The van der Waals surface area contributed by atoms with Crippen LogP contribution in [-0.2, 0) is 10.2 Å². The van der Waals surface area contributed by atoms with Crippen molar-refractivity contribution in [3.63, 3.8) is 0 Å². The first-order valence-electron chi connectivity index (χ1n) is 6.95. The minimum atomic E-state index is -3.45. The van der Waals surface area contributed by atoms with Gasteiger partial charge in [-0.05, 0) is 31.9 Å². The van der Waals surface area contributed by atoms with Crippen molar-refractivity contribution in [1.29, 1.82) is 0 Å². The molecule has 2 rings (SSSR count). The molecular weight excluding hydrogens is 284 g/mol. The van der Waals surface area contributed by atoms with Crippen LogP contribution in [0.15, 0.2) is 0 Å². The van der Waals surface area contributed by atoms with Crippen LogP contribution in [0.4, 0.5) is 0 Å². The van der Waals surface area contributed by atoms with Crippen LogP contribution in [0, 0.1) is 0 Å². The molecule has 5 nitrogen and oxygen atoms in total. The molecule has 1 heterocycles. The molecule has 0 amide bonds. The average molecular weight is 308 g/mol. The van der Waals surface area contributed by atoms with Gasteiger partial charge in [-0.2, -0.15) is 24.5 Å². The van der Waals surface area contributed by atoms with Gasteiger partial charge in [-0.1, -0.05) is 12.8 Å². The Morgan fingerprint density at radius 3 is 2.63 bits per heavy atom. The van der Waals surface area contributed by atoms with E-state index in [1.165, 1.54) is 10.7 Å². The highest BCUT2D eigenvalue weighted by molar-refractivity contribution is 8.00. The molecule has 0 bridgehead atoms. The number of hydrogen-bond acceptors (Lipinski definition) is 4. The molecule has 0 aromatic heterocycles. The number of thioether (sulfide) groups is 1. The van der Waals surface area contributed by atoms with Crippen molar-refractivity contribution in [1.82, 2.24) is 9.03 Å². The van der Waals surface area contributed by atoms with E-state index in [9.17, 15) is 13.5 Å². The van der Waals surface area contributed by atoms with Gasteiger partial charge in [0.25, 0.3) is 10.2 Å². The summed E-state index contributed by atoms with van der Waals surface area (Å²) in [5.74, 6) is 0. The van der Waals surface area contributed by atoms with E-state index < -0.39 is 10.2 Å². The molecule has 1 aliphatic carbocycles. The predicted molar refractivity (Wildman–Crippen MR) is 78.5 cm³/mol. The summed E-state index contributed by atoms with van der Waals surface area (Å²) >= 11 is 1.76. The van der Waals surface area contributed by atoms with E-state index in [-0.39, 0.29) is 17.4 Å². The molecule has 2 N–H and O–H groups in total. The lowest BCUT2D eigenvalue weighted by molar-refractivity contribution is 0.153. The third-order valence-electron chi connectivity index (χ3n) is 4.37. The van der Waals surface area contributed by atoms with E-state index in [2.05, 4.69) is 4.72 Å². The summed E-state index contributed by atoms with van der Waals surface area (Å²) in [6.07, 6.45) is 8.03. The lowest BCUT2D eigenvalue weighted by Crippen LogP contribution is -2.54. The minimum absolute atomic E-state index is 0.0887. The van der Waals surface area contributed by atoms with Crippen molar-refractivity contribution in [2.45, 2.75) is 49.3 Å². The van der Waals surface area contributed by atoms with E-state index in [0.717, 1.165) is 32.1 Å². The van der Waals surface area contributed by atoms with E-state index in [1.807, 2.05) is 6.26 Å². The fourth-order valence-corrected chi connectivity index (χ4v) is 5.37. The third kappa shape index (κ3) is 3.44. The zero-order chi connectivity index (χ0) is 13.9. The molecule has 19 heavy (non-hydrogen) atoms. The number of nitrogens with zero attached hydrogens (tertiary/aromatic N) is 1. The Morgan fingerprint density at radius 2 is 2.11 bits per heavy atom. The van der Waals surface area contributed by atoms with Crippen LogP contribution < -0.4 is 4.72 Å². The molecule has 2 aliphatic rings. The Bertz CT molecular complexity index is 390. The molecule has 112 valence electrons. The summed E-state index contributed by atoms with van der Waals surface area (Å²) in [7, 11) is -3.45. The minimum Gasteiger partial charge on any atom is -0.395 e. The van der Waals surface area contributed by atoms with Crippen molar-refractivity contribution in [2.24, 2.45) is 0 Å². The maximum atomic E-state index is 12.4. The third-order valence-corrected chi connectivity index (χ3v) is 7.39. The van der Waals surface area contributed by atoms with Gasteiger partial charge in [0.15, 0.2) is 0 Å². The average Bonchev–Trinajstić information content (AvgIpc) is 2.38. The zero-order valence-electron chi connectivity index (χ0n) is 11.5. The number of piperidine rings is 1. The van der Waals surface area contributed by atoms with E-state index in [4.69, 9.17) is 0 Å². The first kappa shape index (κ1) is 15.6. The van der Waals surface area contributed by atoms with Gasteiger partial charge < -0.3 is 5.11 Å². The lowest BCUT2D eigenvalue weighted by Gasteiger charge is -2.41. The zero-order valence-corrected chi connectivity index (χ0v) is 13.1. The Labute approximate surface area is 120 Å². The molecule has 0 aromatic carbocycles. The van der Waals surface area contributed by atoms with Gasteiger partial charge in [-0.25, -0.2) is 4.72 Å². The quantitative estimate of drug-likeness (QED) is 0.766. The second kappa shape index (κ2) is 6.30. The SMILES string of the molecule is CSC1(CNS(=O)(=O)N2CCCCC2CO)CCC1. The molecule has 1 aliphatic heterocycles. The molecule has 1 saturated carbocycles. The number of nitrogens with one attached hydrogen (secondary N) is 1. The van der Waals surface area contributed by atoms with Gasteiger partial charge in [-0.15, -0.1) is 0 Å². The van der Waals surface area contributed by atoms with Crippen LogP contribution in [0.1, 0.15) is 38.5 Å². The molecule has 0 radical (unpaired) electrons. The highest BCUT2D eigenvalue weighted by atomic mass is 32.2. The Kier molecular flexibility index (Phi) is 5.16. The molecule has 0 aromatic rings. The molecule has 1 atom stereocenters. The summed E-state index contributed by atoms with van der Waals surface area (Å²) in [5.41, 5.74) is 0. The summed E-state index contributed by atoms with van der Waals surface area (Å²) in [4.78, 5) is 0. The van der Waals surface area contributed by atoms with Crippen LogP contribution >= 0.6 is 11.8 Å². The van der Waals surface area contributed by atoms with Gasteiger partial charge in [0, 0.05) is 23.9 Å². The van der Waals surface area contributed by atoms with Gasteiger partial charge >= 0.3 is 0 Å². The molecular formula is C12H24N2O3S2. The summed E-state index contributed by atoms with van der Waals surface area (Å²) < 4.78 is 29.0. The second-order valence-corrected chi connectivity index (χ2v) is 8.49. The first-order valence-corrected chi connectivity index (χ1v) is 9.62. The van der Waals surface area contributed by atoms with Crippen LogP contribution in [0.3, 0.4) is 0 Å². The van der Waals surface area contributed by atoms with E-state index >= 15 is 0 Å². The molecule has 0 spiro atoms. The number of hydrogen-bond donors (Lipinski definition) is 2. The van der Waals surface area contributed by atoms with Crippen LogP contribution in [0.25, 0.3) is 0 Å². The maximum absolute atomic E-state index is 12.4. The number of aliphatic hydroxyl groups excluding tert-OH is 1. The fraction of sp³-hybridized carbons (Fsp3) is 1.00. The highest BCUT2D eigenvalue weighted by Gasteiger charge is 2.39. The van der Waals surface area contributed by atoms with Crippen molar-refractivity contribution < 1.29 is 13.5 Å². The monoisotopic (exact) mass is 308 g/mol. The van der Waals surface area contributed by atoms with Crippen molar-refractivity contribution >= 4 is 22.0 Å².